The van der Waals surface area contributed by atoms with E-state index in [1.54, 1.807) is 20.3 Å². The van der Waals surface area contributed by atoms with Crippen LogP contribution in [0.5, 0.6) is 0 Å². The molecule has 0 fully saturated rings. The van der Waals surface area contributed by atoms with Gasteiger partial charge in [-0.25, -0.2) is 0 Å². The molecule has 4 heteroatoms. The smallest absolute Gasteiger partial charge is 0.162 e. The van der Waals surface area contributed by atoms with E-state index in [-0.39, 0.29) is 17.8 Å². The van der Waals surface area contributed by atoms with Gasteiger partial charge in [-0.1, -0.05) is 18.2 Å². The van der Waals surface area contributed by atoms with Crippen molar-refractivity contribution in [1.29, 1.82) is 0 Å². The van der Waals surface area contributed by atoms with Crippen molar-refractivity contribution in [3.8, 4) is 12.3 Å². The molecular weight excluding hydrogens is 316 g/mol. The summed E-state index contributed by atoms with van der Waals surface area (Å²) in [4.78, 5) is 12.4. The van der Waals surface area contributed by atoms with Crippen molar-refractivity contribution in [1.82, 2.24) is 0 Å². The Kier molecular flexibility index (Phi) is 7.31. The average molecular weight is 340 g/mol. The van der Waals surface area contributed by atoms with Gasteiger partial charge >= 0.3 is 0 Å². The molecule has 0 bridgehead atoms. The van der Waals surface area contributed by atoms with Crippen molar-refractivity contribution in [3.05, 3.63) is 59.6 Å². The van der Waals surface area contributed by atoms with E-state index in [9.17, 15) is 4.79 Å². The van der Waals surface area contributed by atoms with Crippen LogP contribution in [0.4, 0.5) is 0 Å². The monoisotopic (exact) mass is 340 g/mol. The quantitative estimate of drug-likeness (QED) is 0.385. The van der Waals surface area contributed by atoms with Gasteiger partial charge in [0.15, 0.2) is 5.78 Å². The molecular formula is C21H24O4. The molecule has 2 atom stereocenters. The lowest BCUT2D eigenvalue weighted by Gasteiger charge is -2.21. The Labute approximate surface area is 149 Å². The van der Waals surface area contributed by atoms with Gasteiger partial charge in [0, 0.05) is 25.9 Å². The third kappa shape index (κ3) is 5.51. The second-order valence-corrected chi connectivity index (χ2v) is 5.78. The fraction of sp³-hybridized carbons (Fsp3) is 0.381. The van der Waals surface area contributed by atoms with Gasteiger partial charge in [0.1, 0.15) is 5.76 Å². The zero-order chi connectivity index (χ0) is 18.1. The van der Waals surface area contributed by atoms with Crippen molar-refractivity contribution in [2.75, 3.05) is 20.8 Å². The summed E-state index contributed by atoms with van der Waals surface area (Å²) in [5.41, 5.74) is 0.963. The summed E-state index contributed by atoms with van der Waals surface area (Å²) < 4.78 is 16.2. The van der Waals surface area contributed by atoms with E-state index in [4.69, 9.17) is 20.6 Å². The largest absolute Gasteiger partial charge is 0.501 e. The van der Waals surface area contributed by atoms with Crippen LogP contribution < -0.4 is 0 Å². The van der Waals surface area contributed by atoms with Gasteiger partial charge in [-0.15, -0.1) is 12.3 Å². The van der Waals surface area contributed by atoms with Crippen LogP contribution in [0.25, 0.3) is 0 Å². The molecule has 0 N–H and O–H groups in total. The fourth-order valence-corrected chi connectivity index (χ4v) is 2.65. The maximum atomic E-state index is 12.4. The Morgan fingerprint density at radius 1 is 1.40 bits per heavy atom. The number of ether oxygens (including phenoxy) is 3. The summed E-state index contributed by atoms with van der Waals surface area (Å²) in [6, 6.07) is 0. The molecule has 0 heterocycles. The third-order valence-electron chi connectivity index (χ3n) is 4.15. The predicted octanol–water partition coefficient (Wildman–Crippen LogP) is 3.49. The molecule has 4 nitrogen and oxygen atoms in total. The maximum absolute atomic E-state index is 12.4. The molecule has 0 aromatic rings. The molecule has 2 rings (SSSR count). The SMILES string of the molecule is C#CCCOC1=CC[C@H](C(=O)/C=C/C2=CC=C(OC)C[C@H]2OC)C=C1. The number of allylic oxidation sites excluding steroid dienone is 6. The molecule has 0 saturated heterocycles. The summed E-state index contributed by atoms with van der Waals surface area (Å²) in [5, 5.41) is 0. The van der Waals surface area contributed by atoms with Gasteiger partial charge in [-0.05, 0) is 36.3 Å². The van der Waals surface area contributed by atoms with Crippen LogP contribution in [0.15, 0.2) is 59.6 Å². The molecule has 0 saturated carbocycles. The summed E-state index contributed by atoms with van der Waals surface area (Å²) in [6.45, 7) is 0.495. The van der Waals surface area contributed by atoms with E-state index in [2.05, 4.69) is 5.92 Å². The fourth-order valence-electron chi connectivity index (χ4n) is 2.65. The molecule has 0 aromatic heterocycles. The van der Waals surface area contributed by atoms with Gasteiger partial charge < -0.3 is 14.2 Å². The van der Waals surface area contributed by atoms with Crippen LogP contribution in [0.3, 0.4) is 0 Å². The minimum atomic E-state index is -0.161. The number of carbonyl (C=O) groups is 1. The van der Waals surface area contributed by atoms with Gasteiger partial charge in [0.2, 0.25) is 0 Å². The number of ketones is 1. The summed E-state index contributed by atoms with van der Waals surface area (Å²) >= 11 is 0. The number of hydrogen-bond donors (Lipinski definition) is 0. The molecule has 0 spiro atoms. The van der Waals surface area contributed by atoms with Crippen LogP contribution in [-0.2, 0) is 19.0 Å². The molecule has 0 unspecified atom stereocenters. The minimum Gasteiger partial charge on any atom is -0.501 e. The average Bonchev–Trinajstić information content (AvgIpc) is 2.66. The zero-order valence-electron chi connectivity index (χ0n) is 14.7. The Hall–Kier alpha value is -2.51. The normalized spacial score (nSPS) is 22.7. The van der Waals surface area contributed by atoms with E-state index in [1.807, 2.05) is 36.5 Å². The molecule has 0 aromatic carbocycles. The summed E-state index contributed by atoms with van der Waals surface area (Å²) in [6.07, 6.45) is 19.9. The number of carbonyl (C=O) groups excluding carboxylic acids is 1. The molecule has 0 aliphatic heterocycles. The highest BCUT2D eigenvalue weighted by atomic mass is 16.5. The highest BCUT2D eigenvalue weighted by molar-refractivity contribution is 5.93. The second-order valence-electron chi connectivity index (χ2n) is 5.78. The second kappa shape index (κ2) is 9.71. The minimum absolute atomic E-state index is 0.0624. The standard InChI is InChI=1S/C21H24O4/c1-4-5-14-25-18-10-6-16(7-11-18)20(22)13-9-17-8-12-19(23-2)15-21(17)24-3/h1,6,8-13,16,21H,5,7,14-15H2,2-3H3/b13-9+/t16-,21-/m1/s1. The van der Waals surface area contributed by atoms with E-state index in [1.165, 1.54) is 0 Å². The highest BCUT2D eigenvalue weighted by Gasteiger charge is 2.19. The van der Waals surface area contributed by atoms with Crippen LogP contribution in [-0.4, -0.2) is 32.7 Å². The lowest BCUT2D eigenvalue weighted by molar-refractivity contribution is -0.116. The van der Waals surface area contributed by atoms with Gasteiger partial charge in [-0.3, -0.25) is 4.79 Å². The Bertz CT molecular complexity index is 670. The summed E-state index contributed by atoms with van der Waals surface area (Å²) in [7, 11) is 3.30. The van der Waals surface area contributed by atoms with Crippen molar-refractivity contribution >= 4 is 5.78 Å². The lowest BCUT2D eigenvalue weighted by atomic mass is 9.93. The van der Waals surface area contributed by atoms with E-state index < -0.39 is 0 Å². The van der Waals surface area contributed by atoms with Crippen molar-refractivity contribution in [2.45, 2.75) is 25.4 Å². The highest BCUT2D eigenvalue weighted by Crippen LogP contribution is 2.24. The van der Waals surface area contributed by atoms with E-state index in [0.29, 0.717) is 25.9 Å². The van der Waals surface area contributed by atoms with Gasteiger partial charge in [-0.2, -0.15) is 0 Å². The molecule has 132 valence electrons. The Balaban J connectivity index is 1.91. The topological polar surface area (TPSA) is 44.8 Å². The lowest BCUT2D eigenvalue weighted by Crippen LogP contribution is -2.18. The van der Waals surface area contributed by atoms with Gasteiger partial charge in [0.05, 0.1) is 25.6 Å². The number of hydrogen-bond acceptors (Lipinski definition) is 4. The van der Waals surface area contributed by atoms with Crippen LogP contribution >= 0.6 is 0 Å². The number of terminal acetylenes is 1. The van der Waals surface area contributed by atoms with Crippen molar-refractivity contribution in [3.63, 3.8) is 0 Å². The third-order valence-corrected chi connectivity index (χ3v) is 4.15. The van der Waals surface area contributed by atoms with Crippen molar-refractivity contribution in [2.24, 2.45) is 5.92 Å². The first kappa shape index (κ1) is 18.8. The van der Waals surface area contributed by atoms with Gasteiger partial charge in [0.25, 0.3) is 0 Å². The van der Waals surface area contributed by atoms with Crippen LogP contribution in [0.2, 0.25) is 0 Å². The first-order valence-electron chi connectivity index (χ1n) is 8.32. The number of rotatable bonds is 8. The molecule has 0 radical (unpaired) electrons. The first-order valence-corrected chi connectivity index (χ1v) is 8.32. The van der Waals surface area contributed by atoms with E-state index >= 15 is 0 Å². The van der Waals surface area contributed by atoms with Crippen molar-refractivity contribution < 1.29 is 19.0 Å². The van der Waals surface area contributed by atoms with Crippen LogP contribution in [0.1, 0.15) is 19.3 Å². The Morgan fingerprint density at radius 3 is 2.88 bits per heavy atom. The summed E-state index contributed by atoms with van der Waals surface area (Å²) in [5.74, 6) is 4.07. The predicted molar refractivity (Wildman–Crippen MR) is 97.5 cm³/mol. The van der Waals surface area contributed by atoms with E-state index in [0.717, 1.165) is 17.1 Å². The molecule has 2 aliphatic carbocycles. The van der Waals surface area contributed by atoms with Crippen LogP contribution in [0, 0.1) is 18.3 Å². The zero-order valence-corrected chi connectivity index (χ0v) is 14.7. The Morgan fingerprint density at radius 2 is 2.24 bits per heavy atom. The molecule has 25 heavy (non-hydrogen) atoms. The molecule has 0 amide bonds. The first-order chi connectivity index (χ1) is 12.2. The molecule has 2 aliphatic rings. The maximum Gasteiger partial charge on any atom is 0.162 e. The number of methoxy groups -OCH3 is 2.